The Kier molecular flexibility index (Phi) is 12.4. The first-order valence-corrected chi connectivity index (χ1v) is 21.4. The van der Waals surface area contributed by atoms with E-state index >= 15 is 0 Å². The van der Waals surface area contributed by atoms with Crippen molar-refractivity contribution >= 4 is 17.1 Å². The third-order valence-corrected chi connectivity index (χ3v) is 16.1. The Labute approximate surface area is 299 Å². The molecule has 0 atom stereocenters. The summed E-state index contributed by atoms with van der Waals surface area (Å²) in [6.07, 6.45) is 11.8. The lowest BCUT2D eigenvalue weighted by atomic mass is 9.79. The maximum Gasteiger partial charge on any atom is 0.260 e. The summed E-state index contributed by atoms with van der Waals surface area (Å²) in [6, 6.07) is 0.889. The van der Waals surface area contributed by atoms with E-state index in [9.17, 15) is 0 Å². The summed E-state index contributed by atoms with van der Waals surface area (Å²) in [4.78, 5) is 0. The van der Waals surface area contributed by atoms with Crippen molar-refractivity contribution in [2.75, 3.05) is 13.1 Å². The van der Waals surface area contributed by atoms with Crippen molar-refractivity contribution in [1.82, 2.24) is 20.0 Å². The second-order valence-electron chi connectivity index (χ2n) is 20.2. The molecule has 2 N–H and O–H groups in total. The number of nitrogens with one attached hydrogen (secondary N) is 2. The average molecular weight is 715 g/mol. The summed E-state index contributed by atoms with van der Waals surface area (Å²) in [7, 11) is -2.19. The molecule has 0 radical (unpaired) electrons. The third-order valence-electron chi connectivity index (χ3n) is 11.7. The van der Waals surface area contributed by atoms with Crippen LogP contribution in [0, 0.1) is 0 Å². The van der Waals surface area contributed by atoms with Crippen LogP contribution in [0.3, 0.4) is 0 Å². The number of nitrogens with zero attached hydrogens (tertiary/aromatic N) is 2. The third kappa shape index (κ3) is 10.1. The van der Waals surface area contributed by atoms with Crippen LogP contribution in [0.1, 0.15) is 175 Å². The van der Waals surface area contributed by atoms with Crippen LogP contribution >= 0.6 is 17.1 Å². The first-order valence-electron chi connectivity index (χ1n) is 19.1. The van der Waals surface area contributed by atoms with Crippen LogP contribution in [0.15, 0.2) is 0 Å². The van der Waals surface area contributed by atoms with Gasteiger partial charge in [0.1, 0.15) is 0 Å². The second-order valence-corrected chi connectivity index (χ2v) is 22.9. The monoisotopic (exact) mass is 715 g/mol. The van der Waals surface area contributed by atoms with Gasteiger partial charge in [-0.25, -0.2) is 9.34 Å². The molecular weight excluding hydrogens is 638 g/mol. The van der Waals surface area contributed by atoms with Gasteiger partial charge >= 0.3 is 0 Å². The molecule has 0 bridgehead atoms. The molecule has 0 amide bonds. The lowest BCUT2D eigenvalue weighted by molar-refractivity contribution is 0.00578. The number of rotatable bonds is 13. The second kappa shape index (κ2) is 14.4. The van der Waals surface area contributed by atoms with Gasteiger partial charge in [0.05, 0.1) is 22.4 Å². The highest BCUT2D eigenvalue weighted by atomic mass is 31.2. The quantitative estimate of drug-likeness (QED) is 0.144. The van der Waals surface area contributed by atoms with Gasteiger partial charge in [-0.15, -0.1) is 0 Å². The lowest BCUT2D eigenvalue weighted by Gasteiger charge is -2.50. The summed E-state index contributed by atoms with van der Waals surface area (Å²) < 4.78 is 32.1. The molecular formula is C38H76N4O4P2. The van der Waals surface area contributed by atoms with Crippen molar-refractivity contribution in [2.45, 2.75) is 232 Å². The van der Waals surface area contributed by atoms with Crippen LogP contribution in [0.4, 0.5) is 0 Å². The van der Waals surface area contributed by atoms with E-state index in [1.54, 1.807) is 0 Å². The van der Waals surface area contributed by atoms with Crippen LogP contribution in [0.5, 0.6) is 0 Å². The van der Waals surface area contributed by atoms with Crippen molar-refractivity contribution in [3.8, 4) is 0 Å². The Morgan fingerprint density at radius 2 is 0.646 bits per heavy atom. The van der Waals surface area contributed by atoms with E-state index in [0.29, 0.717) is 12.1 Å². The molecule has 4 heterocycles. The Balaban J connectivity index is 1.31. The molecule has 4 fully saturated rings. The molecule has 4 aliphatic rings. The van der Waals surface area contributed by atoms with Crippen LogP contribution in [-0.4, -0.2) is 79.1 Å². The van der Waals surface area contributed by atoms with E-state index < -0.39 is 17.1 Å². The highest BCUT2D eigenvalue weighted by Gasteiger charge is 2.55. The van der Waals surface area contributed by atoms with Crippen LogP contribution < -0.4 is 10.6 Å². The predicted molar refractivity (Wildman–Crippen MR) is 204 cm³/mol. The van der Waals surface area contributed by atoms with E-state index in [1.165, 1.54) is 38.5 Å². The fourth-order valence-corrected chi connectivity index (χ4v) is 12.9. The number of hydrogen-bond donors (Lipinski definition) is 2. The zero-order valence-electron chi connectivity index (χ0n) is 34.1. The Hall–Kier alpha value is 0.540. The molecule has 0 unspecified atom stereocenters. The average Bonchev–Trinajstić information content (AvgIpc) is 3.20. The summed E-state index contributed by atoms with van der Waals surface area (Å²) in [6.45, 7) is 38.3. The highest BCUT2D eigenvalue weighted by Crippen LogP contribution is 2.62. The van der Waals surface area contributed by atoms with E-state index in [4.69, 9.17) is 18.1 Å². The largest absolute Gasteiger partial charge is 0.313 e. The van der Waals surface area contributed by atoms with Crippen LogP contribution in [-0.2, 0) is 18.1 Å². The molecule has 4 rings (SSSR count). The lowest BCUT2D eigenvalue weighted by Crippen LogP contribution is -2.61. The van der Waals surface area contributed by atoms with Crippen LogP contribution in [0.2, 0.25) is 0 Å². The van der Waals surface area contributed by atoms with Gasteiger partial charge in [-0.05, 0) is 149 Å². The molecule has 282 valence electrons. The Morgan fingerprint density at radius 3 is 0.896 bits per heavy atom. The Morgan fingerprint density at radius 1 is 0.417 bits per heavy atom. The summed E-state index contributed by atoms with van der Waals surface area (Å²) in [5.74, 6) is 0. The Bertz CT molecular complexity index is 945. The van der Waals surface area contributed by atoms with Crippen LogP contribution in [0.25, 0.3) is 0 Å². The van der Waals surface area contributed by atoms with Crippen molar-refractivity contribution in [3.05, 3.63) is 0 Å². The first-order chi connectivity index (χ1) is 21.7. The van der Waals surface area contributed by atoms with E-state index in [-0.39, 0.29) is 44.6 Å². The van der Waals surface area contributed by atoms with Gasteiger partial charge in [-0.1, -0.05) is 25.7 Å². The molecule has 0 aromatic rings. The molecule has 0 aliphatic carbocycles. The number of unbranched alkanes of at least 4 members (excludes halogenated alkanes) is 5. The zero-order chi connectivity index (χ0) is 36.2. The van der Waals surface area contributed by atoms with E-state index in [0.717, 1.165) is 38.8 Å². The van der Waals surface area contributed by atoms with Gasteiger partial charge < -0.3 is 28.7 Å². The van der Waals surface area contributed by atoms with Crippen molar-refractivity contribution < 1.29 is 18.1 Å². The normalized spacial score (nSPS) is 29.6. The van der Waals surface area contributed by atoms with Crippen molar-refractivity contribution in [1.29, 1.82) is 0 Å². The maximum absolute atomic E-state index is 6.71. The fraction of sp³-hybridized carbons (Fsp3) is 1.00. The van der Waals surface area contributed by atoms with Gasteiger partial charge in [0.15, 0.2) is 0 Å². The van der Waals surface area contributed by atoms with Gasteiger partial charge in [0.2, 0.25) is 0 Å². The number of piperidine rings is 2. The molecule has 48 heavy (non-hydrogen) atoms. The fourth-order valence-electron chi connectivity index (χ4n) is 8.48. The smallest absolute Gasteiger partial charge is 0.260 e. The van der Waals surface area contributed by atoms with Crippen molar-refractivity contribution in [3.63, 3.8) is 0 Å². The topological polar surface area (TPSA) is 67.5 Å². The van der Waals surface area contributed by atoms with Gasteiger partial charge in [0, 0.05) is 47.3 Å². The van der Waals surface area contributed by atoms with Crippen molar-refractivity contribution in [2.24, 2.45) is 0 Å². The molecule has 4 aliphatic heterocycles. The van der Waals surface area contributed by atoms with Gasteiger partial charge in [-0.3, -0.25) is 0 Å². The molecule has 0 aromatic carbocycles. The standard InChI is InChI=1S/C38H76N4O4P2/c1-31(2)25-29(26-32(3,4)39-31)41(47-43-35(9,10)36(11,12)44-47)23-21-19-17-18-20-22-24-42(48-45-37(13,14)38(15,16)46-48)30-27-33(5,6)40-34(7,8)28-30/h29-30,39-40H,17-28H2,1-16H3. The minimum Gasteiger partial charge on any atom is -0.313 e. The van der Waals surface area contributed by atoms with Gasteiger partial charge in [-0.2, -0.15) is 0 Å². The number of hydrogen-bond acceptors (Lipinski definition) is 8. The SMILES string of the molecule is CC1(C)CC(N(CCCCCCCCN(C2CC(C)(C)NC(C)(C)C2)P2OC(C)(C)C(C)(C)O2)P2OC(C)(C)C(C)(C)O2)CC(C)(C)N1. The predicted octanol–water partition coefficient (Wildman–Crippen LogP) is 10.2. The maximum atomic E-state index is 6.71. The zero-order valence-corrected chi connectivity index (χ0v) is 35.9. The van der Waals surface area contributed by atoms with E-state index in [1.807, 2.05) is 0 Å². The van der Waals surface area contributed by atoms with Gasteiger partial charge in [0.25, 0.3) is 17.1 Å². The minimum absolute atomic E-state index is 0.0830. The molecule has 0 saturated carbocycles. The molecule has 0 aromatic heterocycles. The minimum atomic E-state index is -1.09. The molecule has 10 heteroatoms. The molecule has 4 saturated heterocycles. The molecule has 8 nitrogen and oxygen atoms in total. The summed E-state index contributed by atoms with van der Waals surface area (Å²) >= 11 is 0. The summed E-state index contributed by atoms with van der Waals surface area (Å²) in [5, 5.41) is 7.75. The summed E-state index contributed by atoms with van der Waals surface area (Å²) in [5.41, 5.74) is -0.875. The molecule has 0 spiro atoms. The van der Waals surface area contributed by atoms with E-state index in [2.05, 4.69) is 131 Å². The highest BCUT2D eigenvalue weighted by molar-refractivity contribution is 7.45. The first kappa shape index (κ1) is 41.3.